The highest BCUT2D eigenvalue weighted by atomic mass is 16.5. The fraction of sp³-hybridized carbons (Fsp3) is 0.150. The third-order valence-electron chi connectivity index (χ3n) is 4.61. The Morgan fingerprint density at radius 2 is 1.88 bits per heavy atom. The number of anilines is 1. The van der Waals surface area contributed by atoms with Crippen molar-refractivity contribution in [3.63, 3.8) is 0 Å². The van der Waals surface area contributed by atoms with Gasteiger partial charge in [-0.05, 0) is 13.0 Å². The SMILES string of the molecule is C=C(c1nc(-c2ccccc2)no1)C1(O)C(=O)N(CC)c2ccccc21. The number of para-hydroxylation sites is 1. The van der Waals surface area contributed by atoms with E-state index >= 15 is 0 Å². The third kappa shape index (κ3) is 2.19. The number of fused-ring (bicyclic) bond motifs is 1. The van der Waals surface area contributed by atoms with Gasteiger partial charge in [0.1, 0.15) is 0 Å². The molecular weight excluding hydrogens is 330 g/mol. The maximum atomic E-state index is 12.9. The van der Waals surface area contributed by atoms with E-state index in [4.69, 9.17) is 4.52 Å². The minimum absolute atomic E-state index is 0.0347. The summed E-state index contributed by atoms with van der Waals surface area (Å²) in [6.45, 7) is 6.20. The predicted octanol–water partition coefficient (Wildman–Crippen LogP) is 3.00. The van der Waals surface area contributed by atoms with Crippen LogP contribution in [-0.4, -0.2) is 27.7 Å². The first kappa shape index (κ1) is 16.2. The standard InChI is InChI=1S/C20H17N3O3/c1-3-23-16-12-8-7-11-15(16)20(25,19(23)24)13(2)18-21-17(22-26-18)14-9-5-4-6-10-14/h4-12,25H,2-3H2,1H3. The normalized spacial score (nSPS) is 18.8. The minimum atomic E-state index is -1.92. The van der Waals surface area contributed by atoms with Crippen molar-refractivity contribution in [2.45, 2.75) is 12.5 Å². The number of aliphatic hydroxyl groups is 1. The predicted molar refractivity (Wildman–Crippen MR) is 97.1 cm³/mol. The van der Waals surface area contributed by atoms with Crippen molar-refractivity contribution < 1.29 is 14.4 Å². The molecule has 1 amide bonds. The van der Waals surface area contributed by atoms with Crippen molar-refractivity contribution in [2.24, 2.45) is 0 Å². The molecule has 130 valence electrons. The fourth-order valence-corrected chi connectivity index (χ4v) is 3.25. The number of benzene rings is 2. The van der Waals surface area contributed by atoms with E-state index in [-0.39, 0.29) is 11.5 Å². The van der Waals surface area contributed by atoms with Gasteiger partial charge >= 0.3 is 0 Å². The first-order valence-corrected chi connectivity index (χ1v) is 8.30. The van der Waals surface area contributed by atoms with Crippen molar-refractivity contribution in [1.82, 2.24) is 10.1 Å². The van der Waals surface area contributed by atoms with E-state index in [1.807, 2.05) is 43.3 Å². The van der Waals surface area contributed by atoms with Crippen molar-refractivity contribution >= 4 is 17.2 Å². The second-order valence-electron chi connectivity index (χ2n) is 6.04. The number of hydrogen-bond donors (Lipinski definition) is 1. The first-order chi connectivity index (χ1) is 12.6. The van der Waals surface area contributed by atoms with E-state index in [1.165, 1.54) is 4.90 Å². The van der Waals surface area contributed by atoms with Gasteiger partial charge < -0.3 is 14.5 Å². The second kappa shape index (κ2) is 5.93. The Morgan fingerprint density at radius 3 is 2.62 bits per heavy atom. The van der Waals surface area contributed by atoms with Gasteiger partial charge in [-0.2, -0.15) is 4.98 Å². The van der Waals surface area contributed by atoms with Crippen LogP contribution in [0.25, 0.3) is 17.0 Å². The number of carbonyl (C=O) groups excluding carboxylic acids is 1. The number of likely N-dealkylation sites (N-methyl/N-ethyl adjacent to an activating group) is 1. The number of rotatable bonds is 4. The van der Waals surface area contributed by atoms with Crippen molar-refractivity contribution in [3.05, 3.63) is 72.6 Å². The smallest absolute Gasteiger partial charge is 0.268 e. The van der Waals surface area contributed by atoms with Crippen LogP contribution in [0.5, 0.6) is 0 Å². The number of carbonyl (C=O) groups is 1. The summed E-state index contributed by atoms with van der Waals surface area (Å²) in [5.41, 5.74) is 0.0477. The summed E-state index contributed by atoms with van der Waals surface area (Å²) in [7, 11) is 0. The number of hydrogen-bond acceptors (Lipinski definition) is 5. The summed E-state index contributed by atoms with van der Waals surface area (Å²) in [6.07, 6.45) is 0. The van der Waals surface area contributed by atoms with Gasteiger partial charge in [0.25, 0.3) is 11.8 Å². The molecule has 1 aliphatic rings. The Hall–Kier alpha value is -3.25. The molecule has 1 aromatic heterocycles. The summed E-state index contributed by atoms with van der Waals surface area (Å²) in [6, 6.07) is 16.4. The molecule has 0 bridgehead atoms. The van der Waals surface area contributed by atoms with E-state index in [0.29, 0.717) is 23.6 Å². The lowest BCUT2D eigenvalue weighted by Crippen LogP contribution is -2.41. The molecule has 6 heteroatoms. The lowest BCUT2D eigenvalue weighted by molar-refractivity contribution is -0.130. The molecule has 1 N–H and O–H groups in total. The fourth-order valence-electron chi connectivity index (χ4n) is 3.25. The Kier molecular flexibility index (Phi) is 3.70. The van der Waals surface area contributed by atoms with Crippen LogP contribution in [0.3, 0.4) is 0 Å². The molecule has 0 radical (unpaired) electrons. The highest BCUT2D eigenvalue weighted by molar-refractivity contribution is 6.13. The maximum Gasteiger partial charge on any atom is 0.268 e. The molecule has 0 saturated heterocycles. The van der Waals surface area contributed by atoms with E-state index in [0.717, 1.165) is 5.56 Å². The molecule has 0 saturated carbocycles. The van der Waals surface area contributed by atoms with E-state index < -0.39 is 11.5 Å². The van der Waals surface area contributed by atoms with Crippen LogP contribution in [0.4, 0.5) is 5.69 Å². The average Bonchev–Trinajstić information content (AvgIpc) is 3.25. The van der Waals surface area contributed by atoms with Crippen molar-refractivity contribution in [3.8, 4) is 11.4 Å². The molecule has 0 aliphatic carbocycles. The number of nitrogens with zero attached hydrogens (tertiary/aromatic N) is 3. The zero-order valence-corrected chi connectivity index (χ0v) is 14.2. The van der Waals surface area contributed by atoms with Gasteiger partial charge in [-0.1, -0.05) is 60.3 Å². The molecule has 4 rings (SSSR count). The molecule has 2 aromatic carbocycles. The zero-order valence-electron chi connectivity index (χ0n) is 14.2. The minimum Gasteiger partial charge on any atom is -0.372 e. The van der Waals surface area contributed by atoms with Gasteiger partial charge in [0.2, 0.25) is 11.4 Å². The van der Waals surface area contributed by atoms with Gasteiger partial charge in [0.15, 0.2) is 0 Å². The average molecular weight is 347 g/mol. The number of amides is 1. The lowest BCUT2D eigenvalue weighted by Gasteiger charge is -2.22. The van der Waals surface area contributed by atoms with Crippen LogP contribution in [0.1, 0.15) is 18.4 Å². The van der Waals surface area contributed by atoms with Gasteiger partial charge in [0, 0.05) is 17.7 Å². The Bertz CT molecular complexity index is 996. The van der Waals surface area contributed by atoms with Crippen LogP contribution >= 0.6 is 0 Å². The summed E-state index contributed by atoms with van der Waals surface area (Å²) in [4.78, 5) is 18.8. The Morgan fingerprint density at radius 1 is 1.19 bits per heavy atom. The first-order valence-electron chi connectivity index (χ1n) is 8.30. The molecule has 3 aromatic rings. The molecule has 1 atom stereocenters. The monoisotopic (exact) mass is 347 g/mol. The quantitative estimate of drug-likeness (QED) is 0.785. The molecule has 2 heterocycles. The van der Waals surface area contributed by atoms with Crippen LogP contribution in [0, 0.1) is 0 Å². The highest BCUT2D eigenvalue weighted by Gasteiger charge is 2.52. The van der Waals surface area contributed by atoms with Crippen LogP contribution in [-0.2, 0) is 10.4 Å². The number of aromatic nitrogens is 2. The molecule has 1 unspecified atom stereocenters. The largest absolute Gasteiger partial charge is 0.372 e. The third-order valence-corrected chi connectivity index (χ3v) is 4.61. The molecular formula is C20H17N3O3. The molecule has 0 spiro atoms. The zero-order chi connectivity index (χ0) is 18.3. The summed E-state index contributed by atoms with van der Waals surface area (Å²) < 4.78 is 5.30. The van der Waals surface area contributed by atoms with Crippen molar-refractivity contribution in [1.29, 1.82) is 0 Å². The molecule has 0 fully saturated rings. The van der Waals surface area contributed by atoms with E-state index in [9.17, 15) is 9.90 Å². The summed E-state index contributed by atoms with van der Waals surface area (Å²) in [5, 5.41) is 15.2. The van der Waals surface area contributed by atoms with E-state index in [1.54, 1.807) is 18.2 Å². The Balaban J connectivity index is 1.77. The highest BCUT2D eigenvalue weighted by Crippen LogP contribution is 2.46. The lowest BCUT2D eigenvalue weighted by atomic mass is 9.88. The van der Waals surface area contributed by atoms with Crippen molar-refractivity contribution in [2.75, 3.05) is 11.4 Å². The van der Waals surface area contributed by atoms with Crippen LogP contribution in [0.15, 0.2) is 65.7 Å². The maximum absolute atomic E-state index is 12.9. The van der Waals surface area contributed by atoms with Gasteiger partial charge in [-0.25, -0.2) is 0 Å². The second-order valence-corrected chi connectivity index (χ2v) is 6.04. The van der Waals surface area contributed by atoms with Crippen LogP contribution < -0.4 is 4.90 Å². The molecule has 1 aliphatic heterocycles. The summed E-state index contributed by atoms with van der Waals surface area (Å²) >= 11 is 0. The molecule has 26 heavy (non-hydrogen) atoms. The molecule has 6 nitrogen and oxygen atoms in total. The Labute approximate surface area is 150 Å². The summed E-state index contributed by atoms with van der Waals surface area (Å²) in [5.74, 6) is -0.0606. The van der Waals surface area contributed by atoms with Gasteiger partial charge in [-0.3, -0.25) is 4.79 Å². The topological polar surface area (TPSA) is 79.5 Å². The van der Waals surface area contributed by atoms with Gasteiger partial charge in [0.05, 0.1) is 11.3 Å². The van der Waals surface area contributed by atoms with Crippen LogP contribution in [0.2, 0.25) is 0 Å². The van der Waals surface area contributed by atoms with Gasteiger partial charge in [-0.15, -0.1) is 0 Å². The van der Waals surface area contributed by atoms with E-state index in [2.05, 4.69) is 16.7 Å².